The number of carbonyl (C=O) groups excluding carboxylic acids is 1. The van der Waals surface area contributed by atoms with Crippen LogP contribution in [0.25, 0.3) is 0 Å². The quantitative estimate of drug-likeness (QED) is 0.739. The van der Waals surface area contributed by atoms with Crippen LogP contribution in [0.1, 0.15) is 39.2 Å². The molecule has 140 valence electrons. The van der Waals surface area contributed by atoms with E-state index in [1.165, 1.54) is 6.20 Å². The second kappa shape index (κ2) is 7.91. The Balaban J connectivity index is 1.94. The van der Waals surface area contributed by atoms with E-state index in [1.54, 1.807) is 17.0 Å². The second-order valence-corrected chi connectivity index (χ2v) is 9.97. The molecule has 2 heterocycles. The molecule has 0 aromatic carbocycles. The van der Waals surface area contributed by atoms with Crippen LogP contribution in [0.2, 0.25) is 5.15 Å². The van der Waals surface area contributed by atoms with Gasteiger partial charge in [0.2, 0.25) is 0 Å². The minimum absolute atomic E-state index is 0.0505. The number of nitrogens with zero attached hydrogens (tertiary/aromatic N) is 2. The molecule has 0 radical (unpaired) electrons. The van der Waals surface area contributed by atoms with Gasteiger partial charge in [-0.15, -0.1) is 0 Å². The smallest absolute Gasteiger partial charge is 0.410 e. The lowest BCUT2D eigenvalue weighted by atomic mass is 10.0. The Bertz CT molecular complexity index is 698. The van der Waals surface area contributed by atoms with Gasteiger partial charge in [-0.1, -0.05) is 17.7 Å². The minimum atomic E-state index is -3.29. The maximum atomic E-state index is 12.5. The first-order chi connectivity index (χ1) is 11.5. The molecule has 1 aromatic heterocycles. The molecule has 1 aliphatic heterocycles. The molecule has 1 saturated heterocycles. The van der Waals surface area contributed by atoms with Gasteiger partial charge < -0.3 is 9.64 Å². The minimum Gasteiger partial charge on any atom is -0.444 e. The Morgan fingerprint density at radius 1 is 1.40 bits per heavy atom. The Morgan fingerprint density at radius 3 is 2.72 bits per heavy atom. The fourth-order valence-corrected chi connectivity index (χ4v) is 4.76. The summed E-state index contributed by atoms with van der Waals surface area (Å²) in [6.45, 7) is 6.46. The van der Waals surface area contributed by atoms with Crippen molar-refractivity contribution in [3.8, 4) is 0 Å². The number of hydrogen-bond donors (Lipinski definition) is 0. The molecule has 1 unspecified atom stereocenters. The normalized spacial score (nSPS) is 18.9. The summed E-state index contributed by atoms with van der Waals surface area (Å²) in [5.41, 5.74) is 0.0572. The van der Waals surface area contributed by atoms with Crippen LogP contribution in [-0.4, -0.2) is 48.8 Å². The lowest BCUT2D eigenvalue weighted by molar-refractivity contribution is 0.0176. The van der Waals surface area contributed by atoms with Crippen molar-refractivity contribution in [1.29, 1.82) is 0 Å². The van der Waals surface area contributed by atoms with Gasteiger partial charge in [0.1, 0.15) is 10.8 Å². The van der Waals surface area contributed by atoms with Crippen LogP contribution in [0, 0.1) is 5.92 Å². The molecule has 1 aliphatic rings. The molecule has 0 bridgehead atoms. The molecule has 0 spiro atoms. The van der Waals surface area contributed by atoms with Crippen LogP contribution >= 0.6 is 11.6 Å². The third kappa shape index (κ3) is 6.82. The summed E-state index contributed by atoms with van der Waals surface area (Å²) in [5.74, 6) is -0.0961. The Morgan fingerprint density at radius 2 is 2.12 bits per heavy atom. The van der Waals surface area contributed by atoms with E-state index in [-0.39, 0.29) is 23.5 Å². The average Bonchev–Trinajstić information content (AvgIpc) is 2.47. The second-order valence-electron chi connectivity index (χ2n) is 7.48. The molecule has 1 atom stereocenters. The number of halogens is 1. The highest BCUT2D eigenvalue weighted by Crippen LogP contribution is 2.22. The van der Waals surface area contributed by atoms with E-state index in [0.717, 1.165) is 12.8 Å². The van der Waals surface area contributed by atoms with Gasteiger partial charge >= 0.3 is 6.09 Å². The van der Waals surface area contributed by atoms with Crippen molar-refractivity contribution in [1.82, 2.24) is 9.88 Å². The van der Waals surface area contributed by atoms with Crippen molar-refractivity contribution < 1.29 is 17.9 Å². The van der Waals surface area contributed by atoms with E-state index >= 15 is 0 Å². The number of rotatable bonds is 4. The third-order valence-corrected chi connectivity index (χ3v) is 5.81. The van der Waals surface area contributed by atoms with Crippen molar-refractivity contribution >= 4 is 27.5 Å². The van der Waals surface area contributed by atoms with Crippen molar-refractivity contribution in [3.05, 3.63) is 29.0 Å². The zero-order valence-electron chi connectivity index (χ0n) is 14.9. The SMILES string of the molecule is CC(C)(C)OC(=O)N1CCCC(CS(=O)(=O)Cc2ccc(Cl)nc2)C1. The fourth-order valence-electron chi connectivity index (χ4n) is 2.86. The van der Waals surface area contributed by atoms with E-state index in [0.29, 0.717) is 23.8 Å². The molecule has 1 aromatic rings. The van der Waals surface area contributed by atoms with Crippen molar-refractivity contribution in [3.63, 3.8) is 0 Å². The first-order valence-corrected chi connectivity index (χ1v) is 10.5. The molecular weight excluding hydrogens is 364 g/mol. The lowest BCUT2D eigenvalue weighted by Crippen LogP contribution is -2.44. The number of ether oxygens (including phenoxy) is 1. The van der Waals surface area contributed by atoms with Gasteiger partial charge in [-0.05, 0) is 51.2 Å². The van der Waals surface area contributed by atoms with E-state index in [9.17, 15) is 13.2 Å². The molecule has 0 N–H and O–H groups in total. The standard InChI is InChI=1S/C17H25ClN2O4S/c1-17(2,3)24-16(21)20-8-4-5-14(10-20)12-25(22,23)11-13-6-7-15(18)19-9-13/h6-7,9,14H,4-5,8,10-12H2,1-3H3. The fraction of sp³-hybridized carbons (Fsp3) is 0.647. The molecule has 1 fully saturated rings. The molecule has 1 amide bonds. The number of aromatic nitrogens is 1. The van der Waals surface area contributed by atoms with E-state index in [2.05, 4.69) is 4.98 Å². The number of hydrogen-bond acceptors (Lipinski definition) is 5. The monoisotopic (exact) mass is 388 g/mol. The highest BCUT2D eigenvalue weighted by Gasteiger charge is 2.30. The summed E-state index contributed by atoms with van der Waals surface area (Å²) in [7, 11) is -3.29. The lowest BCUT2D eigenvalue weighted by Gasteiger charge is -2.34. The number of pyridine rings is 1. The summed E-state index contributed by atoms with van der Waals surface area (Å²) in [6.07, 6.45) is 2.67. The van der Waals surface area contributed by atoms with Gasteiger partial charge in [-0.2, -0.15) is 0 Å². The number of amides is 1. The molecule has 2 rings (SSSR count). The molecule has 6 nitrogen and oxygen atoms in total. The summed E-state index contributed by atoms with van der Waals surface area (Å²) in [4.78, 5) is 17.7. The van der Waals surface area contributed by atoms with E-state index in [4.69, 9.17) is 16.3 Å². The summed E-state index contributed by atoms with van der Waals surface area (Å²) in [5, 5.41) is 0.335. The number of piperidine rings is 1. The van der Waals surface area contributed by atoms with Crippen LogP contribution in [0.4, 0.5) is 4.79 Å². The zero-order chi connectivity index (χ0) is 18.7. The first-order valence-electron chi connectivity index (χ1n) is 8.33. The van der Waals surface area contributed by atoms with Crippen LogP contribution in [-0.2, 0) is 20.3 Å². The van der Waals surface area contributed by atoms with Crippen LogP contribution < -0.4 is 0 Å². The highest BCUT2D eigenvalue weighted by atomic mass is 35.5. The Labute approximate surface area is 154 Å². The summed E-state index contributed by atoms with van der Waals surface area (Å²) in [6, 6.07) is 3.25. The molecule has 25 heavy (non-hydrogen) atoms. The molecule has 0 aliphatic carbocycles. The van der Waals surface area contributed by atoms with Gasteiger partial charge in [0.15, 0.2) is 9.84 Å². The molecular formula is C17H25ClN2O4S. The van der Waals surface area contributed by atoms with Crippen molar-refractivity contribution in [2.45, 2.75) is 45.0 Å². The Kier molecular flexibility index (Phi) is 6.32. The maximum absolute atomic E-state index is 12.5. The zero-order valence-corrected chi connectivity index (χ0v) is 16.4. The predicted molar refractivity (Wildman–Crippen MR) is 97.3 cm³/mol. The topological polar surface area (TPSA) is 76.6 Å². The van der Waals surface area contributed by atoms with Crippen molar-refractivity contribution in [2.75, 3.05) is 18.8 Å². The van der Waals surface area contributed by atoms with Gasteiger partial charge in [0.25, 0.3) is 0 Å². The largest absolute Gasteiger partial charge is 0.444 e. The summed E-state index contributed by atoms with van der Waals surface area (Å²) < 4.78 is 30.3. The molecule has 0 saturated carbocycles. The van der Waals surface area contributed by atoms with E-state index in [1.807, 2.05) is 20.8 Å². The van der Waals surface area contributed by atoms with Crippen LogP contribution in [0.3, 0.4) is 0 Å². The average molecular weight is 389 g/mol. The number of sulfone groups is 1. The highest BCUT2D eigenvalue weighted by molar-refractivity contribution is 7.90. The predicted octanol–water partition coefficient (Wildman–Crippen LogP) is 3.30. The van der Waals surface area contributed by atoms with Crippen LogP contribution in [0.15, 0.2) is 18.3 Å². The van der Waals surface area contributed by atoms with Crippen LogP contribution in [0.5, 0.6) is 0 Å². The van der Waals surface area contributed by atoms with Gasteiger partial charge in [0.05, 0.1) is 11.5 Å². The molecule has 8 heteroatoms. The van der Waals surface area contributed by atoms with Crippen molar-refractivity contribution in [2.24, 2.45) is 5.92 Å². The van der Waals surface area contributed by atoms with Gasteiger partial charge in [-0.25, -0.2) is 18.2 Å². The van der Waals surface area contributed by atoms with Gasteiger partial charge in [-0.3, -0.25) is 0 Å². The Hall–Kier alpha value is -1.34. The van der Waals surface area contributed by atoms with E-state index < -0.39 is 15.4 Å². The number of likely N-dealkylation sites (tertiary alicyclic amines) is 1. The maximum Gasteiger partial charge on any atom is 0.410 e. The number of carbonyl (C=O) groups is 1. The van der Waals surface area contributed by atoms with Gasteiger partial charge in [0, 0.05) is 19.3 Å². The summed E-state index contributed by atoms with van der Waals surface area (Å²) >= 11 is 5.72. The third-order valence-electron chi connectivity index (χ3n) is 3.84. The first kappa shape index (κ1) is 20.0.